The highest BCUT2D eigenvalue weighted by Crippen LogP contribution is 2.19. The summed E-state index contributed by atoms with van der Waals surface area (Å²) >= 11 is 1.81. The number of amides is 1. The number of carbonyl (C=O) groups is 1. The van der Waals surface area contributed by atoms with Crippen LogP contribution in [0.4, 0.5) is 5.69 Å². The van der Waals surface area contributed by atoms with E-state index >= 15 is 0 Å². The quantitative estimate of drug-likeness (QED) is 0.590. The molecule has 0 unspecified atom stereocenters. The van der Waals surface area contributed by atoms with E-state index < -0.39 is 0 Å². The Kier molecular flexibility index (Phi) is 5.96. The number of hydrogen-bond donors (Lipinski definition) is 2. The number of thioether (sulfide) groups is 1. The van der Waals surface area contributed by atoms with Crippen molar-refractivity contribution >= 4 is 23.4 Å². The van der Waals surface area contributed by atoms with Crippen molar-refractivity contribution < 1.29 is 4.79 Å². The van der Waals surface area contributed by atoms with Crippen molar-refractivity contribution in [1.29, 1.82) is 0 Å². The van der Waals surface area contributed by atoms with Gasteiger partial charge in [-0.3, -0.25) is 4.79 Å². The van der Waals surface area contributed by atoms with E-state index in [2.05, 4.69) is 17.6 Å². The molecule has 16 heavy (non-hydrogen) atoms. The highest BCUT2D eigenvalue weighted by molar-refractivity contribution is 7.99. The zero-order valence-corrected chi connectivity index (χ0v) is 10.6. The second-order valence-electron chi connectivity index (χ2n) is 3.41. The fraction of sp³-hybridized carbons (Fsp3) is 0.417. The Hall–Kier alpha value is -1.00. The summed E-state index contributed by atoms with van der Waals surface area (Å²) in [6.45, 7) is 5.66. The van der Waals surface area contributed by atoms with Crippen molar-refractivity contribution in [3.8, 4) is 0 Å². The first-order chi connectivity index (χ1) is 7.72. The van der Waals surface area contributed by atoms with Crippen LogP contribution < -0.4 is 10.6 Å². The highest BCUT2D eigenvalue weighted by Gasteiger charge is 1.96. The minimum atomic E-state index is -0.0347. The van der Waals surface area contributed by atoms with Crippen molar-refractivity contribution in [2.24, 2.45) is 0 Å². The maximum Gasteiger partial charge on any atom is 0.221 e. The van der Waals surface area contributed by atoms with Gasteiger partial charge in [-0.2, -0.15) is 0 Å². The summed E-state index contributed by atoms with van der Waals surface area (Å²) in [5.41, 5.74) is 0.850. The van der Waals surface area contributed by atoms with E-state index in [-0.39, 0.29) is 5.91 Å². The molecule has 1 amide bonds. The van der Waals surface area contributed by atoms with Gasteiger partial charge in [0.2, 0.25) is 5.91 Å². The van der Waals surface area contributed by atoms with E-state index in [1.165, 1.54) is 11.8 Å². The summed E-state index contributed by atoms with van der Waals surface area (Å²) in [6, 6.07) is 7.91. The van der Waals surface area contributed by atoms with Crippen LogP contribution in [0.2, 0.25) is 0 Å². The van der Waals surface area contributed by atoms with Crippen LogP contribution >= 0.6 is 11.8 Å². The van der Waals surface area contributed by atoms with Crippen LogP contribution in [0.5, 0.6) is 0 Å². The monoisotopic (exact) mass is 238 g/mol. The Morgan fingerprint density at radius 2 is 2.00 bits per heavy atom. The molecule has 88 valence electrons. The Morgan fingerprint density at radius 3 is 2.56 bits per heavy atom. The summed E-state index contributed by atoms with van der Waals surface area (Å²) in [6.07, 6.45) is 0. The summed E-state index contributed by atoms with van der Waals surface area (Å²) in [5, 5.41) is 6.03. The van der Waals surface area contributed by atoms with Gasteiger partial charge in [-0.25, -0.2) is 0 Å². The number of carbonyl (C=O) groups excluding carboxylic acids is 1. The Labute approximate surface area is 101 Å². The minimum Gasteiger partial charge on any atom is -0.326 e. The molecule has 0 fully saturated rings. The number of nitrogens with one attached hydrogen (secondary N) is 2. The summed E-state index contributed by atoms with van der Waals surface area (Å²) in [5.74, 6) is 1.03. The largest absolute Gasteiger partial charge is 0.326 e. The molecule has 0 radical (unpaired) electrons. The Morgan fingerprint density at radius 1 is 1.31 bits per heavy atom. The van der Waals surface area contributed by atoms with Gasteiger partial charge in [0, 0.05) is 29.8 Å². The minimum absolute atomic E-state index is 0.0347. The van der Waals surface area contributed by atoms with Gasteiger partial charge in [0.25, 0.3) is 0 Å². The molecule has 0 atom stereocenters. The van der Waals surface area contributed by atoms with Gasteiger partial charge in [0.05, 0.1) is 0 Å². The van der Waals surface area contributed by atoms with Crippen LogP contribution in [-0.2, 0) is 4.79 Å². The first-order valence-electron chi connectivity index (χ1n) is 5.43. The maximum absolute atomic E-state index is 10.8. The zero-order chi connectivity index (χ0) is 11.8. The van der Waals surface area contributed by atoms with Gasteiger partial charge >= 0.3 is 0 Å². The van der Waals surface area contributed by atoms with Gasteiger partial charge < -0.3 is 10.6 Å². The molecule has 0 heterocycles. The second-order valence-corrected chi connectivity index (χ2v) is 4.58. The Bertz CT molecular complexity index is 324. The molecular formula is C12H18N2OS. The topological polar surface area (TPSA) is 41.1 Å². The molecule has 0 spiro atoms. The van der Waals surface area contributed by atoms with E-state index in [0.29, 0.717) is 0 Å². The van der Waals surface area contributed by atoms with Crippen LogP contribution in [0.1, 0.15) is 13.8 Å². The van der Waals surface area contributed by atoms with Crippen LogP contribution in [0, 0.1) is 0 Å². The van der Waals surface area contributed by atoms with Gasteiger partial charge in [-0.05, 0) is 30.8 Å². The molecule has 2 N–H and O–H groups in total. The second kappa shape index (κ2) is 7.30. The van der Waals surface area contributed by atoms with Crippen molar-refractivity contribution in [3.63, 3.8) is 0 Å². The lowest BCUT2D eigenvalue weighted by Gasteiger charge is -2.04. The van der Waals surface area contributed by atoms with Crippen molar-refractivity contribution in [2.75, 3.05) is 24.2 Å². The lowest BCUT2D eigenvalue weighted by Crippen LogP contribution is -2.15. The highest BCUT2D eigenvalue weighted by atomic mass is 32.2. The van der Waals surface area contributed by atoms with Crippen molar-refractivity contribution in [1.82, 2.24) is 5.32 Å². The number of benzene rings is 1. The fourth-order valence-electron chi connectivity index (χ4n) is 1.26. The SMILES string of the molecule is CCNCCSc1ccc(NC(C)=O)cc1. The summed E-state index contributed by atoms with van der Waals surface area (Å²) in [7, 11) is 0. The zero-order valence-electron chi connectivity index (χ0n) is 9.75. The summed E-state index contributed by atoms with van der Waals surface area (Å²) in [4.78, 5) is 12.0. The first-order valence-corrected chi connectivity index (χ1v) is 6.42. The maximum atomic E-state index is 10.8. The fourth-order valence-corrected chi connectivity index (χ4v) is 2.07. The van der Waals surface area contributed by atoms with E-state index in [4.69, 9.17) is 0 Å². The number of hydrogen-bond acceptors (Lipinski definition) is 3. The van der Waals surface area contributed by atoms with E-state index in [1.807, 2.05) is 36.0 Å². The third kappa shape index (κ3) is 5.19. The first kappa shape index (κ1) is 13.1. The molecular weight excluding hydrogens is 220 g/mol. The molecule has 0 aromatic heterocycles. The normalized spacial score (nSPS) is 10.1. The molecule has 0 bridgehead atoms. The Balaban J connectivity index is 2.36. The molecule has 0 aliphatic rings. The molecule has 1 rings (SSSR count). The number of anilines is 1. The van der Waals surface area contributed by atoms with Gasteiger partial charge in [0.1, 0.15) is 0 Å². The molecule has 0 aliphatic carbocycles. The lowest BCUT2D eigenvalue weighted by molar-refractivity contribution is -0.114. The molecule has 0 aliphatic heterocycles. The molecule has 4 heteroatoms. The predicted molar refractivity (Wildman–Crippen MR) is 70.0 cm³/mol. The number of rotatable bonds is 6. The van der Waals surface area contributed by atoms with E-state index in [1.54, 1.807) is 0 Å². The van der Waals surface area contributed by atoms with Crippen LogP contribution in [0.3, 0.4) is 0 Å². The smallest absolute Gasteiger partial charge is 0.221 e. The van der Waals surface area contributed by atoms with E-state index in [0.717, 1.165) is 24.5 Å². The molecule has 0 saturated heterocycles. The molecule has 0 saturated carbocycles. The van der Waals surface area contributed by atoms with Crippen LogP contribution in [0.15, 0.2) is 29.2 Å². The van der Waals surface area contributed by atoms with Crippen LogP contribution in [0.25, 0.3) is 0 Å². The van der Waals surface area contributed by atoms with Gasteiger partial charge in [0.15, 0.2) is 0 Å². The van der Waals surface area contributed by atoms with E-state index in [9.17, 15) is 4.79 Å². The lowest BCUT2D eigenvalue weighted by atomic mass is 10.3. The van der Waals surface area contributed by atoms with Gasteiger partial charge in [-0.1, -0.05) is 6.92 Å². The summed E-state index contributed by atoms with van der Waals surface area (Å²) < 4.78 is 0. The molecule has 1 aromatic carbocycles. The van der Waals surface area contributed by atoms with Crippen molar-refractivity contribution in [2.45, 2.75) is 18.7 Å². The molecule has 3 nitrogen and oxygen atoms in total. The van der Waals surface area contributed by atoms with Gasteiger partial charge in [-0.15, -0.1) is 11.8 Å². The molecule has 1 aromatic rings. The average Bonchev–Trinajstić information content (AvgIpc) is 2.26. The predicted octanol–water partition coefficient (Wildman–Crippen LogP) is 2.35. The standard InChI is InChI=1S/C12H18N2OS/c1-3-13-8-9-16-12-6-4-11(5-7-12)14-10(2)15/h4-7,13H,3,8-9H2,1-2H3,(H,14,15). The van der Waals surface area contributed by atoms with Crippen molar-refractivity contribution in [3.05, 3.63) is 24.3 Å². The third-order valence-corrected chi connectivity index (χ3v) is 2.99. The third-order valence-electron chi connectivity index (χ3n) is 1.97. The average molecular weight is 238 g/mol. The van der Waals surface area contributed by atoms with Crippen LogP contribution in [-0.4, -0.2) is 24.7 Å².